The Morgan fingerprint density at radius 3 is 2.72 bits per heavy atom. The third kappa shape index (κ3) is 1.78. The van der Waals surface area contributed by atoms with Crippen molar-refractivity contribution in [2.24, 2.45) is 0 Å². The molecule has 0 saturated heterocycles. The van der Waals surface area contributed by atoms with E-state index in [-0.39, 0.29) is 11.3 Å². The van der Waals surface area contributed by atoms with Crippen molar-refractivity contribution in [2.75, 3.05) is 0 Å². The highest BCUT2D eigenvalue weighted by Crippen LogP contribution is 2.19. The normalized spacial score (nSPS) is 10.9. The molecule has 2 N–H and O–H groups in total. The fraction of sp³-hybridized carbons (Fsp3) is 0.0714. The van der Waals surface area contributed by atoms with Gasteiger partial charge in [-0.25, -0.2) is 0 Å². The molecule has 0 fully saturated rings. The molecule has 0 aliphatic heterocycles. The molecule has 0 atom stereocenters. The van der Waals surface area contributed by atoms with Crippen LogP contribution in [-0.4, -0.2) is 14.5 Å². The van der Waals surface area contributed by atoms with Gasteiger partial charge in [-0.2, -0.15) is 0 Å². The average Bonchev–Trinajstić information content (AvgIpc) is 2.76. The summed E-state index contributed by atoms with van der Waals surface area (Å²) in [5.41, 5.74) is 2.41. The number of benzene rings is 1. The first-order chi connectivity index (χ1) is 8.74. The lowest BCUT2D eigenvalue weighted by Crippen LogP contribution is -2.08. The molecule has 0 aliphatic rings. The molecule has 3 aromatic rings. The van der Waals surface area contributed by atoms with Gasteiger partial charge in [0.1, 0.15) is 11.4 Å². The molecule has 0 saturated carbocycles. The molecule has 0 radical (unpaired) electrons. The summed E-state index contributed by atoms with van der Waals surface area (Å²) >= 11 is 0. The molecule has 0 aliphatic carbocycles. The Hall–Kier alpha value is -2.49. The van der Waals surface area contributed by atoms with Gasteiger partial charge >= 0.3 is 0 Å². The number of rotatable bonds is 2. The lowest BCUT2D eigenvalue weighted by molar-refractivity contribution is 0.469. The maximum Gasteiger partial charge on any atom is 0.256 e. The lowest BCUT2D eigenvalue weighted by Gasteiger charge is -2.01. The topological polar surface area (TPSA) is 57.5 Å². The van der Waals surface area contributed by atoms with Crippen LogP contribution in [0.1, 0.15) is 11.3 Å². The summed E-state index contributed by atoms with van der Waals surface area (Å²) in [7, 11) is 0. The molecule has 2 heterocycles. The molecule has 3 rings (SSSR count). The number of imidazole rings is 1. The monoisotopic (exact) mass is 240 g/mol. The van der Waals surface area contributed by atoms with E-state index in [0.29, 0.717) is 6.42 Å². The summed E-state index contributed by atoms with van der Waals surface area (Å²) in [4.78, 5) is 14.8. The highest BCUT2D eigenvalue weighted by Gasteiger charge is 2.05. The van der Waals surface area contributed by atoms with E-state index < -0.39 is 0 Å². The Morgan fingerprint density at radius 2 is 1.94 bits per heavy atom. The van der Waals surface area contributed by atoms with Crippen molar-refractivity contribution in [2.45, 2.75) is 6.42 Å². The van der Waals surface area contributed by atoms with Crippen molar-refractivity contribution >= 4 is 5.65 Å². The zero-order valence-corrected chi connectivity index (χ0v) is 9.63. The Labute approximate surface area is 103 Å². The van der Waals surface area contributed by atoms with Gasteiger partial charge in [-0.15, -0.1) is 0 Å². The summed E-state index contributed by atoms with van der Waals surface area (Å²) in [5, 5.41) is 9.72. The van der Waals surface area contributed by atoms with Crippen LogP contribution in [0.4, 0.5) is 0 Å². The Bertz CT molecular complexity index is 756. The third-order valence-corrected chi connectivity index (χ3v) is 2.94. The first-order valence-corrected chi connectivity index (χ1v) is 5.70. The highest BCUT2D eigenvalue weighted by atomic mass is 16.3. The standard InChI is InChI=1S/C14H12N2O2/c17-12-5-2-1-4-10(12)8-11-9-16-13(15-11)6-3-7-14(16)18/h1-7,9,15,17H,8H2. The maximum absolute atomic E-state index is 11.6. The Balaban J connectivity index is 2.04. The molecule has 18 heavy (non-hydrogen) atoms. The van der Waals surface area contributed by atoms with Crippen LogP contribution in [0, 0.1) is 0 Å². The average molecular weight is 240 g/mol. The van der Waals surface area contributed by atoms with Crippen molar-refractivity contribution in [3.8, 4) is 5.75 Å². The Kier molecular flexibility index (Phi) is 2.41. The number of hydrogen-bond donors (Lipinski definition) is 2. The van der Waals surface area contributed by atoms with E-state index in [9.17, 15) is 9.90 Å². The molecule has 0 unspecified atom stereocenters. The van der Waals surface area contributed by atoms with E-state index in [1.165, 1.54) is 6.07 Å². The number of fused-ring (bicyclic) bond motifs is 1. The fourth-order valence-electron chi connectivity index (χ4n) is 2.04. The van der Waals surface area contributed by atoms with Crippen molar-refractivity contribution in [3.05, 3.63) is 70.3 Å². The molecule has 0 amide bonds. The first-order valence-electron chi connectivity index (χ1n) is 5.70. The maximum atomic E-state index is 11.6. The van der Waals surface area contributed by atoms with E-state index in [0.717, 1.165) is 16.9 Å². The minimum absolute atomic E-state index is 0.0627. The van der Waals surface area contributed by atoms with Crippen LogP contribution in [-0.2, 0) is 6.42 Å². The smallest absolute Gasteiger partial charge is 0.256 e. The second kappa shape index (κ2) is 4.07. The summed E-state index contributed by atoms with van der Waals surface area (Å²) in [5.74, 6) is 0.267. The molecular formula is C14H12N2O2. The number of nitrogens with one attached hydrogen (secondary N) is 1. The molecule has 4 nitrogen and oxygen atoms in total. The third-order valence-electron chi connectivity index (χ3n) is 2.94. The number of phenolic OH excluding ortho intramolecular Hbond substituents is 1. The van der Waals surface area contributed by atoms with Gasteiger partial charge in [0.25, 0.3) is 5.56 Å². The van der Waals surface area contributed by atoms with Crippen molar-refractivity contribution in [3.63, 3.8) is 0 Å². The number of pyridine rings is 1. The molecule has 90 valence electrons. The number of para-hydroxylation sites is 1. The van der Waals surface area contributed by atoms with Crippen molar-refractivity contribution < 1.29 is 5.11 Å². The quantitative estimate of drug-likeness (QED) is 0.719. The van der Waals surface area contributed by atoms with Crippen LogP contribution in [0.15, 0.2) is 53.5 Å². The van der Waals surface area contributed by atoms with Crippen molar-refractivity contribution in [1.29, 1.82) is 0 Å². The number of aromatic amines is 1. The largest absolute Gasteiger partial charge is 0.508 e. The molecular weight excluding hydrogens is 228 g/mol. The van der Waals surface area contributed by atoms with Crippen LogP contribution in [0.5, 0.6) is 5.75 Å². The molecule has 1 aromatic carbocycles. The number of hydrogen-bond acceptors (Lipinski definition) is 2. The molecule has 2 aromatic heterocycles. The van der Waals surface area contributed by atoms with Gasteiger partial charge in [0, 0.05) is 24.4 Å². The number of aromatic nitrogens is 2. The van der Waals surface area contributed by atoms with E-state index in [1.807, 2.05) is 18.2 Å². The minimum atomic E-state index is -0.0627. The minimum Gasteiger partial charge on any atom is -0.508 e. The first kappa shape index (κ1) is 10.7. The van der Waals surface area contributed by atoms with E-state index >= 15 is 0 Å². The van der Waals surface area contributed by atoms with Gasteiger partial charge in [0.2, 0.25) is 0 Å². The predicted molar refractivity (Wildman–Crippen MR) is 68.9 cm³/mol. The van der Waals surface area contributed by atoms with E-state index in [2.05, 4.69) is 4.98 Å². The van der Waals surface area contributed by atoms with Crippen LogP contribution < -0.4 is 5.56 Å². The second-order valence-electron chi connectivity index (χ2n) is 4.20. The number of phenols is 1. The van der Waals surface area contributed by atoms with E-state index in [1.54, 1.807) is 28.8 Å². The zero-order chi connectivity index (χ0) is 12.5. The summed E-state index contributed by atoms with van der Waals surface area (Å²) in [6.07, 6.45) is 2.33. The number of nitrogens with zero attached hydrogens (tertiary/aromatic N) is 1. The summed E-state index contributed by atoms with van der Waals surface area (Å²) in [6, 6.07) is 12.3. The molecule has 0 spiro atoms. The zero-order valence-electron chi connectivity index (χ0n) is 9.63. The van der Waals surface area contributed by atoms with Crippen molar-refractivity contribution in [1.82, 2.24) is 9.38 Å². The molecule has 4 heteroatoms. The number of aromatic hydroxyl groups is 1. The summed E-state index contributed by atoms with van der Waals surface area (Å²) in [6.45, 7) is 0. The second-order valence-corrected chi connectivity index (χ2v) is 4.20. The highest BCUT2D eigenvalue weighted by molar-refractivity contribution is 5.42. The van der Waals surface area contributed by atoms with Gasteiger partial charge in [-0.3, -0.25) is 9.20 Å². The van der Waals surface area contributed by atoms with Gasteiger partial charge in [0.15, 0.2) is 0 Å². The predicted octanol–water partition coefficient (Wildman–Crippen LogP) is 1.92. The van der Waals surface area contributed by atoms with Crippen LogP contribution in [0.3, 0.4) is 0 Å². The van der Waals surface area contributed by atoms with Crippen LogP contribution in [0.2, 0.25) is 0 Å². The fourth-order valence-corrected chi connectivity index (χ4v) is 2.04. The van der Waals surface area contributed by atoms with E-state index in [4.69, 9.17) is 0 Å². The van der Waals surface area contributed by atoms with Gasteiger partial charge in [0.05, 0.1) is 0 Å². The SMILES string of the molecule is O=c1cccc2[nH]c(Cc3ccccc3O)cn12. The Morgan fingerprint density at radius 1 is 1.11 bits per heavy atom. The lowest BCUT2D eigenvalue weighted by atomic mass is 10.1. The molecule has 0 bridgehead atoms. The summed E-state index contributed by atoms with van der Waals surface area (Å²) < 4.78 is 1.56. The van der Waals surface area contributed by atoms with Gasteiger partial charge in [-0.1, -0.05) is 24.3 Å². The van der Waals surface area contributed by atoms with Crippen LogP contribution >= 0.6 is 0 Å². The number of H-pyrrole nitrogens is 1. The van der Waals surface area contributed by atoms with Gasteiger partial charge in [-0.05, 0) is 17.7 Å². The van der Waals surface area contributed by atoms with Gasteiger partial charge < -0.3 is 10.1 Å². The van der Waals surface area contributed by atoms with Crippen LogP contribution in [0.25, 0.3) is 5.65 Å².